The van der Waals surface area contributed by atoms with Gasteiger partial charge in [0.15, 0.2) is 0 Å². The average molecular weight is 322 g/mol. The molecule has 2 unspecified atom stereocenters. The second-order valence-electron chi connectivity index (χ2n) is 4.65. The van der Waals surface area contributed by atoms with Gasteiger partial charge in [-0.15, -0.1) is 0 Å². The molecule has 2 aromatic rings. The van der Waals surface area contributed by atoms with Gasteiger partial charge >= 0.3 is 0 Å². The Bertz CT molecular complexity index is 617. The Hall–Kier alpha value is -1.39. The summed E-state index contributed by atoms with van der Waals surface area (Å²) in [5.74, 6) is 0.540. The monoisotopic (exact) mass is 321 g/mol. The third kappa shape index (κ3) is 2.38. The minimum Gasteiger partial charge on any atom is -0.485 e. The SMILES string of the molecule is NC1CC(c2ccc(F)cc2Br)Oc2ccccc21. The molecule has 2 atom stereocenters. The average Bonchev–Trinajstić information content (AvgIpc) is 2.38. The van der Waals surface area contributed by atoms with Gasteiger partial charge in [-0.1, -0.05) is 40.2 Å². The van der Waals surface area contributed by atoms with Gasteiger partial charge in [-0.2, -0.15) is 0 Å². The first kappa shape index (κ1) is 12.6. The molecule has 1 aliphatic heterocycles. The van der Waals surface area contributed by atoms with E-state index in [0.717, 1.165) is 16.9 Å². The van der Waals surface area contributed by atoms with Crippen molar-refractivity contribution in [3.05, 3.63) is 63.9 Å². The minimum absolute atomic E-state index is 0.0631. The molecule has 0 amide bonds. The van der Waals surface area contributed by atoms with Gasteiger partial charge in [0.1, 0.15) is 17.7 Å². The topological polar surface area (TPSA) is 35.2 Å². The first-order valence-electron chi connectivity index (χ1n) is 6.11. The van der Waals surface area contributed by atoms with E-state index in [1.54, 1.807) is 6.07 Å². The van der Waals surface area contributed by atoms with E-state index in [9.17, 15) is 4.39 Å². The predicted octanol–water partition coefficient (Wildman–Crippen LogP) is 4.11. The van der Waals surface area contributed by atoms with Crippen LogP contribution in [0.4, 0.5) is 4.39 Å². The van der Waals surface area contributed by atoms with Gasteiger partial charge in [0, 0.05) is 28.1 Å². The smallest absolute Gasteiger partial charge is 0.127 e. The second kappa shape index (κ2) is 4.94. The van der Waals surface area contributed by atoms with Crippen LogP contribution in [-0.2, 0) is 0 Å². The van der Waals surface area contributed by atoms with E-state index in [1.807, 2.05) is 24.3 Å². The molecular formula is C15H13BrFNO. The van der Waals surface area contributed by atoms with Crippen LogP contribution in [0.1, 0.15) is 29.7 Å². The standard InChI is InChI=1S/C15H13BrFNO/c16-12-7-9(17)5-6-10(12)15-8-13(18)11-3-1-2-4-14(11)19-15/h1-7,13,15H,8,18H2. The van der Waals surface area contributed by atoms with Gasteiger partial charge in [-0.25, -0.2) is 4.39 Å². The molecule has 0 fully saturated rings. The highest BCUT2D eigenvalue weighted by molar-refractivity contribution is 9.10. The van der Waals surface area contributed by atoms with Crippen molar-refractivity contribution < 1.29 is 9.13 Å². The molecule has 0 aliphatic carbocycles. The van der Waals surface area contributed by atoms with E-state index >= 15 is 0 Å². The fraction of sp³-hybridized carbons (Fsp3) is 0.200. The summed E-state index contributed by atoms with van der Waals surface area (Å²) in [6, 6.07) is 12.3. The highest BCUT2D eigenvalue weighted by Gasteiger charge is 2.27. The molecule has 2 nitrogen and oxygen atoms in total. The van der Waals surface area contributed by atoms with Crippen LogP contribution < -0.4 is 10.5 Å². The summed E-state index contributed by atoms with van der Waals surface area (Å²) in [5, 5.41) is 0. The highest BCUT2D eigenvalue weighted by Crippen LogP contribution is 2.41. The molecule has 0 radical (unpaired) electrons. The van der Waals surface area contributed by atoms with Crippen LogP contribution in [0.5, 0.6) is 5.75 Å². The fourth-order valence-electron chi connectivity index (χ4n) is 2.41. The summed E-state index contributed by atoms with van der Waals surface area (Å²) < 4.78 is 19.8. The Balaban J connectivity index is 1.97. The molecule has 0 bridgehead atoms. The van der Waals surface area contributed by atoms with E-state index in [1.165, 1.54) is 12.1 Å². The zero-order valence-electron chi connectivity index (χ0n) is 10.1. The first-order valence-corrected chi connectivity index (χ1v) is 6.90. The van der Waals surface area contributed by atoms with Gasteiger partial charge in [-0.3, -0.25) is 0 Å². The molecule has 4 heteroatoms. The summed E-state index contributed by atoms with van der Waals surface area (Å²) >= 11 is 3.38. The minimum atomic E-state index is -0.267. The number of hydrogen-bond acceptors (Lipinski definition) is 2. The lowest BCUT2D eigenvalue weighted by atomic mass is 9.94. The van der Waals surface area contributed by atoms with Crippen LogP contribution in [0, 0.1) is 5.82 Å². The lowest BCUT2D eigenvalue weighted by Gasteiger charge is -2.31. The number of halogens is 2. The summed E-state index contributed by atoms with van der Waals surface area (Å²) in [4.78, 5) is 0. The summed E-state index contributed by atoms with van der Waals surface area (Å²) in [7, 11) is 0. The molecule has 3 rings (SSSR count). The van der Waals surface area contributed by atoms with Gasteiger partial charge < -0.3 is 10.5 Å². The molecule has 2 N–H and O–H groups in total. The first-order chi connectivity index (χ1) is 9.15. The van der Waals surface area contributed by atoms with E-state index < -0.39 is 0 Å². The number of ether oxygens (including phenoxy) is 1. The molecule has 98 valence electrons. The zero-order chi connectivity index (χ0) is 13.4. The van der Waals surface area contributed by atoms with Crippen LogP contribution in [0.2, 0.25) is 0 Å². The molecule has 2 aromatic carbocycles. The zero-order valence-corrected chi connectivity index (χ0v) is 11.7. The number of benzene rings is 2. The van der Waals surface area contributed by atoms with E-state index in [-0.39, 0.29) is 18.0 Å². The van der Waals surface area contributed by atoms with Gasteiger partial charge in [-0.05, 0) is 18.2 Å². The summed E-state index contributed by atoms with van der Waals surface area (Å²) in [6.45, 7) is 0. The second-order valence-corrected chi connectivity index (χ2v) is 5.51. The predicted molar refractivity (Wildman–Crippen MR) is 75.5 cm³/mol. The van der Waals surface area contributed by atoms with Crippen molar-refractivity contribution in [3.63, 3.8) is 0 Å². The maximum Gasteiger partial charge on any atom is 0.127 e. The molecule has 0 saturated carbocycles. The Morgan fingerprint density at radius 3 is 2.74 bits per heavy atom. The van der Waals surface area contributed by atoms with Crippen LogP contribution in [-0.4, -0.2) is 0 Å². The Kier molecular flexibility index (Phi) is 3.29. The van der Waals surface area contributed by atoms with Crippen molar-refractivity contribution in [3.8, 4) is 5.75 Å². The number of nitrogens with two attached hydrogens (primary N) is 1. The van der Waals surface area contributed by atoms with Crippen molar-refractivity contribution in [1.29, 1.82) is 0 Å². The van der Waals surface area contributed by atoms with E-state index in [0.29, 0.717) is 10.9 Å². The lowest BCUT2D eigenvalue weighted by molar-refractivity contribution is 0.161. The summed E-state index contributed by atoms with van der Waals surface area (Å²) in [6.07, 6.45) is 0.529. The number of para-hydroxylation sites is 1. The van der Waals surface area contributed by atoms with Gasteiger partial charge in [0.25, 0.3) is 0 Å². The summed E-state index contributed by atoms with van der Waals surface area (Å²) in [5.41, 5.74) is 8.13. The maximum absolute atomic E-state index is 13.1. The van der Waals surface area contributed by atoms with Crippen LogP contribution in [0.3, 0.4) is 0 Å². The number of rotatable bonds is 1. The molecular weight excluding hydrogens is 309 g/mol. The molecule has 0 spiro atoms. The fourth-order valence-corrected chi connectivity index (χ4v) is 3.01. The maximum atomic E-state index is 13.1. The molecule has 0 saturated heterocycles. The molecule has 1 heterocycles. The third-order valence-corrected chi connectivity index (χ3v) is 4.05. The Labute approximate surface area is 119 Å². The molecule has 19 heavy (non-hydrogen) atoms. The van der Waals surface area contributed by atoms with Crippen molar-refractivity contribution in [2.45, 2.75) is 18.6 Å². The normalized spacial score (nSPS) is 21.6. The number of hydrogen-bond donors (Lipinski definition) is 1. The van der Waals surface area contributed by atoms with Crippen molar-refractivity contribution in [2.24, 2.45) is 5.73 Å². The Morgan fingerprint density at radius 1 is 1.16 bits per heavy atom. The van der Waals surface area contributed by atoms with Crippen molar-refractivity contribution in [2.75, 3.05) is 0 Å². The third-order valence-electron chi connectivity index (χ3n) is 3.37. The van der Waals surface area contributed by atoms with E-state index in [2.05, 4.69) is 15.9 Å². The van der Waals surface area contributed by atoms with Crippen LogP contribution in [0.25, 0.3) is 0 Å². The van der Waals surface area contributed by atoms with Crippen LogP contribution >= 0.6 is 15.9 Å². The lowest BCUT2D eigenvalue weighted by Crippen LogP contribution is -2.24. The van der Waals surface area contributed by atoms with Crippen molar-refractivity contribution in [1.82, 2.24) is 0 Å². The molecule has 1 aliphatic rings. The number of fused-ring (bicyclic) bond motifs is 1. The van der Waals surface area contributed by atoms with Crippen molar-refractivity contribution >= 4 is 15.9 Å². The Morgan fingerprint density at radius 2 is 1.95 bits per heavy atom. The van der Waals surface area contributed by atoms with Gasteiger partial charge in [0.05, 0.1) is 0 Å². The van der Waals surface area contributed by atoms with Crippen LogP contribution in [0.15, 0.2) is 46.9 Å². The highest BCUT2D eigenvalue weighted by atomic mass is 79.9. The van der Waals surface area contributed by atoms with Gasteiger partial charge in [0.2, 0.25) is 0 Å². The van der Waals surface area contributed by atoms with E-state index in [4.69, 9.17) is 10.5 Å². The largest absolute Gasteiger partial charge is 0.485 e. The quantitative estimate of drug-likeness (QED) is 0.857. The molecule has 0 aromatic heterocycles.